The standard InChI is InChI=1S/C16H19NO3S/c1-5-11(3)17-15(18)14(21-16(17)19)9-12-6-7-13(20-4)8-10(12)2/h6-9,11H,5H2,1-4H3/b14-9+/t11-/m1/s1. The van der Waals surface area contributed by atoms with Gasteiger partial charge in [0.2, 0.25) is 0 Å². The molecule has 112 valence electrons. The van der Waals surface area contributed by atoms with Crippen molar-refractivity contribution < 1.29 is 14.3 Å². The Bertz CT molecular complexity index is 610. The lowest BCUT2D eigenvalue weighted by Crippen LogP contribution is -2.36. The topological polar surface area (TPSA) is 46.6 Å². The molecule has 0 aromatic heterocycles. The Labute approximate surface area is 129 Å². The molecule has 1 aliphatic heterocycles. The average Bonchev–Trinajstić information content (AvgIpc) is 2.75. The van der Waals surface area contributed by atoms with Gasteiger partial charge in [0.25, 0.3) is 11.1 Å². The summed E-state index contributed by atoms with van der Waals surface area (Å²) in [5.41, 5.74) is 1.93. The van der Waals surface area contributed by atoms with E-state index in [4.69, 9.17) is 4.74 Å². The summed E-state index contributed by atoms with van der Waals surface area (Å²) in [4.78, 5) is 26.1. The first kappa shape index (κ1) is 15.6. The molecule has 2 rings (SSSR count). The van der Waals surface area contributed by atoms with E-state index in [2.05, 4.69) is 0 Å². The molecule has 0 saturated carbocycles. The maximum absolute atomic E-state index is 12.3. The van der Waals surface area contributed by atoms with Gasteiger partial charge in [-0.2, -0.15) is 0 Å². The molecule has 1 aromatic rings. The average molecular weight is 305 g/mol. The maximum atomic E-state index is 12.3. The third-order valence-corrected chi connectivity index (χ3v) is 4.50. The normalized spacial score (nSPS) is 18.5. The molecule has 0 unspecified atom stereocenters. The summed E-state index contributed by atoms with van der Waals surface area (Å²) in [7, 11) is 1.62. The number of benzene rings is 1. The Balaban J connectivity index is 2.31. The van der Waals surface area contributed by atoms with Crippen LogP contribution in [0, 0.1) is 6.92 Å². The van der Waals surface area contributed by atoms with E-state index < -0.39 is 0 Å². The van der Waals surface area contributed by atoms with Crippen LogP contribution in [0.25, 0.3) is 6.08 Å². The van der Waals surface area contributed by atoms with Gasteiger partial charge in [-0.05, 0) is 61.4 Å². The summed E-state index contributed by atoms with van der Waals surface area (Å²) in [6.07, 6.45) is 2.54. The van der Waals surface area contributed by atoms with Gasteiger partial charge in [0, 0.05) is 6.04 Å². The van der Waals surface area contributed by atoms with Crippen LogP contribution < -0.4 is 4.74 Å². The van der Waals surface area contributed by atoms with Crippen LogP contribution in [0.5, 0.6) is 5.75 Å². The van der Waals surface area contributed by atoms with Gasteiger partial charge in [-0.25, -0.2) is 0 Å². The van der Waals surface area contributed by atoms with Crippen LogP contribution in [-0.4, -0.2) is 29.2 Å². The fraction of sp³-hybridized carbons (Fsp3) is 0.375. The molecule has 0 N–H and O–H groups in total. The first-order valence-electron chi connectivity index (χ1n) is 6.89. The molecule has 1 fully saturated rings. The molecule has 1 aliphatic rings. The zero-order valence-electron chi connectivity index (χ0n) is 12.7. The van der Waals surface area contributed by atoms with Gasteiger partial charge in [0.1, 0.15) is 5.75 Å². The van der Waals surface area contributed by atoms with Crippen LogP contribution >= 0.6 is 11.8 Å². The van der Waals surface area contributed by atoms with Gasteiger partial charge in [0.05, 0.1) is 12.0 Å². The highest BCUT2D eigenvalue weighted by Crippen LogP contribution is 2.34. The number of nitrogens with zero attached hydrogens (tertiary/aromatic N) is 1. The van der Waals surface area contributed by atoms with Gasteiger partial charge in [-0.3, -0.25) is 14.5 Å². The Morgan fingerprint density at radius 3 is 2.67 bits per heavy atom. The van der Waals surface area contributed by atoms with Crippen LogP contribution in [0.1, 0.15) is 31.4 Å². The monoisotopic (exact) mass is 305 g/mol. The second-order valence-electron chi connectivity index (χ2n) is 5.03. The number of hydrogen-bond acceptors (Lipinski definition) is 4. The fourth-order valence-corrected chi connectivity index (χ4v) is 3.04. The number of hydrogen-bond donors (Lipinski definition) is 0. The number of ether oxygens (including phenoxy) is 1. The number of methoxy groups -OCH3 is 1. The molecule has 1 saturated heterocycles. The predicted molar refractivity (Wildman–Crippen MR) is 85.3 cm³/mol. The lowest BCUT2D eigenvalue weighted by atomic mass is 10.1. The number of thioether (sulfide) groups is 1. The summed E-state index contributed by atoms with van der Waals surface area (Å²) >= 11 is 1.01. The highest BCUT2D eigenvalue weighted by Gasteiger charge is 2.37. The lowest BCUT2D eigenvalue weighted by molar-refractivity contribution is -0.124. The quantitative estimate of drug-likeness (QED) is 0.793. The summed E-state index contributed by atoms with van der Waals surface area (Å²) in [5, 5.41) is -0.188. The zero-order chi connectivity index (χ0) is 15.6. The van der Waals surface area contributed by atoms with Crippen molar-refractivity contribution in [2.75, 3.05) is 7.11 Å². The second kappa shape index (κ2) is 6.35. The predicted octanol–water partition coefficient (Wildman–Crippen LogP) is 3.84. The molecule has 2 amide bonds. The smallest absolute Gasteiger partial charge is 0.293 e. The zero-order valence-corrected chi connectivity index (χ0v) is 13.5. The van der Waals surface area contributed by atoms with Crippen LogP contribution in [0.4, 0.5) is 4.79 Å². The summed E-state index contributed by atoms with van der Waals surface area (Å²) in [5.74, 6) is 0.576. The molecule has 5 heteroatoms. The number of rotatable bonds is 4. The Kier molecular flexibility index (Phi) is 4.73. The van der Waals surface area contributed by atoms with Gasteiger partial charge in [0.15, 0.2) is 0 Å². The Morgan fingerprint density at radius 2 is 2.10 bits per heavy atom. The summed E-state index contributed by atoms with van der Waals surface area (Å²) in [6, 6.07) is 5.58. The van der Waals surface area contributed by atoms with Crippen molar-refractivity contribution in [3.05, 3.63) is 34.2 Å². The van der Waals surface area contributed by atoms with E-state index in [1.807, 2.05) is 39.0 Å². The SMILES string of the molecule is CC[C@@H](C)N1C(=O)S/C(=C/c2ccc(OC)cc2C)C1=O. The van der Waals surface area contributed by atoms with Crippen molar-refractivity contribution in [2.24, 2.45) is 0 Å². The molecule has 21 heavy (non-hydrogen) atoms. The van der Waals surface area contributed by atoms with Crippen molar-refractivity contribution in [1.82, 2.24) is 4.90 Å². The first-order chi connectivity index (χ1) is 9.97. The highest BCUT2D eigenvalue weighted by molar-refractivity contribution is 8.18. The van der Waals surface area contributed by atoms with E-state index in [9.17, 15) is 9.59 Å². The van der Waals surface area contributed by atoms with Gasteiger partial charge < -0.3 is 4.74 Å². The molecular formula is C16H19NO3S. The minimum absolute atomic E-state index is 0.0691. The van der Waals surface area contributed by atoms with Crippen molar-refractivity contribution >= 4 is 29.0 Å². The molecule has 0 radical (unpaired) electrons. The van der Waals surface area contributed by atoms with E-state index in [-0.39, 0.29) is 17.2 Å². The third kappa shape index (κ3) is 3.13. The first-order valence-corrected chi connectivity index (χ1v) is 7.71. The Morgan fingerprint density at radius 1 is 1.38 bits per heavy atom. The van der Waals surface area contributed by atoms with E-state index in [1.165, 1.54) is 4.90 Å². The summed E-state index contributed by atoms with van der Waals surface area (Å²) in [6.45, 7) is 5.80. The van der Waals surface area contributed by atoms with Crippen LogP contribution in [-0.2, 0) is 4.79 Å². The van der Waals surface area contributed by atoms with E-state index >= 15 is 0 Å². The van der Waals surface area contributed by atoms with Crippen molar-refractivity contribution in [3.63, 3.8) is 0 Å². The van der Waals surface area contributed by atoms with Crippen molar-refractivity contribution in [2.45, 2.75) is 33.2 Å². The number of carbonyl (C=O) groups is 2. The molecule has 0 bridgehead atoms. The third-order valence-electron chi connectivity index (χ3n) is 3.62. The number of aryl methyl sites for hydroxylation is 1. The molecule has 0 aliphatic carbocycles. The molecule has 1 aromatic carbocycles. The molecule has 4 nitrogen and oxygen atoms in total. The van der Waals surface area contributed by atoms with Crippen molar-refractivity contribution in [1.29, 1.82) is 0 Å². The second-order valence-corrected chi connectivity index (χ2v) is 6.02. The van der Waals surface area contributed by atoms with Crippen LogP contribution in [0.15, 0.2) is 23.1 Å². The lowest BCUT2D eigenvalue weighted by Gasteiger charge is -2.19. The molecular weight excluding hydrogens is 286 g/mol. The summed E-state index contributed by atoms with van der Waals surface area (Å²) < 4.78 is 5.17. The van der Waals surface area contributed by atoms with Crippen molar-refractivity contribution in [3.8, 4) is 5.75 Å². The minimum Gasteiger partial charge on any atom is -0.497 e. The van der Waals surface area contributed by atoms with Gasteiger partial charge >= 0.3 is 0 Å². The fourth-order valence-electron chi connectivity index (χ4n) is 2.12. The van der Waals surface area contributed by atoms with E-state index in [0.29, 0.717) is 4.91 Å². The number of amides is 2. The van der Waals surface area contributed by atoms with Crippen LogP contribution in [0.3, 0.4) is 0 Å². The van der Waals surface area contributed by atoms with Gasteiger partial charge in [-0.15, -0.1) is 0 Å². The molecule has 1 atom stereocenters. The molecule has 0 spiro atoms. The highest BCUT2D eigenvalue weighted by atomic mass is 32.2. The Hall–Kier alpha value is -1.75. The van der Waals surface area contributed by atoms with Crippen LogP contribution in [0.2, 0.25) is 0 Å². The maximum Gasteiger partial charge on any atom is 0.293 e. The molecule has 1 heterocycles. The number of imide groups is 1. The largest absolute Gasteiger partial charge is 0.497 e. The van der Waals surface area contributed by atoms with E-state index in [1.54, 1.807) is 13.2 Å². The minimum atomic E-state index is -0.199. The number of carbonyl (C=O) groups excluding carboxylic acids is 2. The van der Waals surface area contributed by atoms with Gasteiger partial charge in [-0.1, -0.05) is 13.0 Å². The van der Waals surface area contributed by atoms with E-state index in [0.717, 1.165) is 35.1 Å².